The molecule has 1 atom stereocenters. The van der Waals surface area contributed by atoms with Gasteiger partial charge in [0.25, 0.3) is 0 Å². The molecule has 0 aliphatic carbocycles. The van der Waals surface area contributed by atoms with Crippen LogP contribution in [-0.2, 0) is 9.59 Å². The smallest absolute Gasteiger partial charge is 0.317 e. The largest absolute Gasteiger partial charge is 0.351 e. The van der Waals surface area contributed by atoms with E-state index in [0.29, 0.717) is 25.9 Å². The van der Waals surface area contributed by atoms with Gasteiger partial charge in [0, 0.05) is 31.6 Å². The van der Waals surface area contributed by atoms with Crippen LogP contribution < -0.4 is 16.0 Å². The average Bonchev–Trinajstić information content (AvgIpc) is 2.85. The highest BCUT2D eigenvalue weighted by Gasteiger charge is 2.30. The van der Waals surface area contributed by atoms with Crippen LogP contribution in [0.2, 0.25) is 0 Å². The zero-order chi connectivity index (χ0) is 15.4. The van der Waals surface area contributed by atoms with Crippen LogP contribution >= 0.6 is 0 Å². The highest BCUT2D eigenvalue weighted by molar-refractivity contribution is 5.90. The van der Waals surface area contributed by atoms with Crippen molar-refractivity contribution in [3.05, 3.63) is 0 Å². The van der Waals surface area contributed by atoms with E-state index < -0.39 is 0 Å². The van der Waals surface area contributed by atoms with Crippen molar-refractivity contribution in [2.24, 2.45) is 0 Å². The van der Waals surface area contributed by atoms with Crippen molar-refractivity contribution < 1.29 is 14.4 Å². The molecule has 3 N–H and O–H groups in total. The van der Waals surface area contributed by atoms with Crippen LogP contribution in [0.3, 0.4) is 0 Å². The first kappa shape index (κ1) is 15.6. The summed E-state index contributed by atoms with van der Waals surface area (Å²) in [6.07, 6.45) is 2.49. The van der Waals surface area contributed by atoms with Gasteiger partial charge in [-0.25, -0.2) is 4.79 Å². The molecule has 118 valence electrons. The molecule has 2 heterocycles. The quantitative estimate of drug-likeness (QED) is 0.683. The van der Waals surface area contributed by atoms with E-state index in [9.17, 15) is 14.4 Å². The molecule has 0 aromatic heterocycles. The number of amides is 4. The Hall–Kier alpha value is -1.79. The molecule has 4 amide bonds. The third-order valence-electron chi connectivity index (χ3n) is 3.85. The fraction of sp³-hybridized carbons (Fsp3) is 0.786. The third kappa shape index (κ3) is 4.34. The minimum absolute atomic E-state index is 0.0437. The van der Waals surface area contributed by atoms with Crippen LogP contribution in [0.4, 0.5) is 4.79 Å². The Bertz CT molecular complexity index is 416. The molecule has 0 saturated carbocycles. The van der Waals surface area contributed by atoms with Gasteiger partial charge in [0.2, 0.25) is 11.8 Å². The van der Waals surface area contributed by atoms with Crippen molar-refractivity contribution in [2.45, 2.75) is 57.7 Å². The number of rotatable bonds is 3. The van der Waals surface area contributed by atoms with Crippen molar-refractivity contribution in [3.8, 4) is 0 Å². The number of urea groups is 1. The maximum absolute atomic E-state index is 12.0. The number of likely N-dealkylation sites (tertiary alicyclic amines) is 1. The summed E-state index contributed by atoms with van der Waals surface area (Å²) in [6.45, 7) is 5.14. The lowest BCUT2D eigenvalue weighted by atomic mass is 10.0. The number of hydrogen-bond acceptors (Lipinski definition) is 3. The topological polar surface area (TPSA) is 90.5 Å². The van der Waals surface area contributed by atoms with E-state index in [1.165, 1.54) is 0 Å². The van der Waals surface area contributed by atoms with Gasteiger partial charge in [0.05, 0.1) is 0 Å². The molecule has 7 heteroatoms. The first-order chi connectivity index (χ1) is 9.95. The van der Waals surface area contributed by atoms with E-state index in [0.717, 1.165) is 12.8 Å². The number of carbonyl (C=O) groups is 3. The molecule has 1 unspecified atom stereocenters. The molecular formula is C14H24N4O3. The summed E-state index contributed by atoms with van der Waals surface area (Å²) in [7, 11) is 0. The predicted octanol–water partition coefficient (Wildman–Crippen LogP) is -0.0364. The average molecular weight is 296 g/mol. The van der Waals surface area contributed by atoms with Gasteiger partial charge >= 0.3 is 6.03 Å². The fourth-order valence-electron chi connectivity index (χ4n) is 2.68. The van der Waals surface area contributed by atoms with Crippen LogP contribution in [0, 0.1) is 0 Å². The molecule has 2 aliphatic heterocycles. The van der Waals surface area contributed by atoms with Crippen molar-refractivity contribution in [1.29, 1.82) is 0 Å². The summed E-state index contributed by atoms with van der Waals surface area (Å²) >= 11 is 0. The molecule has 2 aliphatic rings. The lowest BCUT2D eigenvalue weighted by Gasteiger charge is -2.33. The van der Waals surface area contributed by atoms with E-state index in [4.69, 9.17) is 0 Å². The second kappa shape index (κ2) is 6.78. The molecule has 2 rings (SSSR count). The summed E-state index contributed by atoms with van der Waals surface area (Å²) in [4.78, 5) is 36.8. The normalized spacial score (nSPS) is 23.1. The Morgan fingerprint density at radius 2 is 1.90 bits per heavy atom. The van der Waals surface area contributed by atoms with Gasteiger partial charge in [-0.1, -0.05) is 0 Å². The fourth-order valence-corrected chi connectivity index (χ4v) is 2.68. The van der Waals surface area contributed by atoms with Gasteiger partial charge in [-0.3, -0.25) is 9.59 Å². The number of nitrogens with zero attached hydrogens (tertiary/aromatic N) is 1. The molecule has 21 heavy (non-hydrogen) atoms. The van der Waals surface area contributed by atoms with Crippen LogP contribution in [0.15, 0.2) is 0 Å². The van der Waals surface area contributed by atoms with Crippen molar-refractivity contribution in [2.75, 3.05) is 13.1 Å². The summed E-state index contributed by atoms with van der Waals surface area (Å²) in [5.41, 5.74) is 0. The number of carbonyl (C=O) groups excluding carboxylic acids is 3. The Kier molecular flexibility index (Phi) is 5.03. The number of nitrogens with one attached hydrogen (secondary N) is 3. The minimum Gasteiger partial charge on any atom is -0.351 e. The van der Waals surface area contributed by atoms with E-state index >= 15 is 0 Å². The maximum atomic E-state index is 12.0. The SMILES string of the molecule is CC(C)NC(=O)N1CCC(NC(=O)C2CCC(=O)N2)CC1. The van der Waals surface area contributed by atoms with E-state index in [2.05, 4.69) is 16.0 Å². The van der Waals surface area contributed by atoms with Gasteiger partial charge in [-0.15, -0.1) is 0 Å². The predicted molar refractivity (Wildman–Crippen MR) is 77.6 cm³/mol. The van der Waals surface area contributed by atoms with Crippen LogP contribution in [0.5, 0.6) is 0 Å². The van der Waals surface area contributed by atoms with Crippen LogP contribution in [-0.4, -0.2) is 54.0 Å². The molecule has 0 radical (unpaired) electrons. The summed E-state index contributed by atoms with van der Waals surface area (Å²) in [5.74, 6) is -0.166. The van der Waals surface area contributed by atoms with Crippen LogP contribution in [0.1, 0.15) is 39.5 Å². The van der Waals surface area contributed by atoms with Crippen molar-refractivity contribution in [1.82, 2.24) is 20.9 Å². The van der Waals surface area contributed by atoms with Gasteiger partial charge in [-0.05, 0) is 33.1 Å². The standard InChI is InChI=1S/C14H24N4O3/c1-9(2)15-14(21)18-7-5-10(6-8-18)16-13(20)11-3-4-12(19)17-11/h9-11H,3-8H2,1-2H3,(H,15,21)(H,16,20)(H,17,19). The second-order valence-corrected chi connectivity index (χ2v) is 6.03. The van der Waals surface area contributed by atoms with E-state index in [1.54, 1.807) is 4.90 Å². The molecule has 2 saturated heterocycles. The molecule has 0 aromatic rings. The number of piperidine rings is 1. The zero-order valence-electron chi connectivity index (χ0n) is 12.6. The van der Waals surface area contributed by atoms with Gasteiger partial charge in [0.15, 0.2) is 0 Å². The molecule has 2 fully saturated rings. The molecule has 0 bridgehead atoms. The molecular weight excluding hydrogens is 272 g/mol. The monoisotopic (exact) mass is 296 g/mol. The maximum Gasteiger partial charge on any atom is 0.317 e. The van der Waals surface area contributed by atoms with E-state index in [1.807, 2.05) is 13.8 Å². The van der Waals surface area contributed by atoms with Crippen molar-refractivity contribution >= 4 is 17.8 Å². The Balaban J connectivity index is 1.72. The Morgan fingerprint density at radius 3 is 2.43 bits per heavy atom. The number of hydrogen-bond donors (Lipinski definition) is 3. The van der Waals surface area contributed by atoms with Crippen LogP contribution in [0.25, 0.3) is 0 Å². The highest BCUT2D eigenvalue weighted by atomic mass is 16.2. The van der Waals surface area contributed by atoms with Crippen molar-refractivity contribution in [3.63, 3.8) is 0 Å². The summed E-state index contributed by atoms with van der Waals surface area (Å²) in [6, 6.07) is -0.225. The van der Waals surface area contributed by atoms with Gasteiger partial charge in [-0.2, -0.15) is 0 Å². The zero-order valence-corrected chi connectivity index (χ0v) is 12.6. The minimum atomic E-state index is -0.389. The highest BCUT2D eigenvalue weighted by Crippen LogP contribution is 2.12. The summed E-state index contributed by atoms with van der Waals surface area (Å²) in [5, 5.41) is 8.51. The van der Waals surface area contributed by atoms with E-state index in [-0.39, 0.29) is 36.0 Å². The molecule has 7 nitrogen and oxygen atoms in total. The second-order valence-electron chi connectivity index (χ2n) is 6.03. The third-order valence-corrected chi connectivity index (χ3v) is 3.85. The molecule has 0 aromatic carbocycles. The lowest BCUT2D eigenvalue weighted by molar-refractivity contribution is -0.126. The first-order valence-electron chi connectivity index (χ1n) is 7.61. The summed E-state index contributed by atoms with van der Waals surface area (Å²) < 4.78 is 0. The Labute approximate surface area is 124 Å². The first-order valence-corrected chi connectivity index (χ1v) is 7.61. The van der Waals surface area contributed by atoms with Gasteiger partial charge < -0.3 is 20.9 Å². The lowest BCUT2D eigenvalue weighted by Crippen LogP contribution is -2.52. The van der Waals surface area contributed by atoms with Gasteiger partial charge in [0.1, 0.15) is 6.04 Å². The molecule has 0 spiro atoms. The Morgan fingerprint density at radius 1 is 1.24 bits per heavy atom.